The molecule has 1 amide bonds. The molecule has 2 aromatic carbocycles. The molecule has 0 aliphatic carbocycles. The molecule has 1 aromatic heterocycles. The largest absolute Gasteiger partial charge is 0.481 e. The summed E-state index contributed by atoms with van der Waals surface area (Å²) in [5, 5.41) is 10.2. The van der Waals surface area contributed by atoms with Crippen LogP contribution in [0.1, 0.15) is 26.2 Å². The van der Waals surface area contributed by atoms with Crippen molar-refractivity contribution in [3.8, 4) is 16.9 Å². The minimum atomic E-state index is -0.852. The Morgan fingerprint density at radius 3 is 2.68 bits per heavy atom. The smallest absolute Gasteiger partial charge is 0.303 e. The van der Waals surface area contributed by atoms with E-state index >= 15 is 0 Å². The quantitative estimate of drug-likeness (QED) is 0.456. The van der Waals surface area contributed by atoms with Crippen LogP contribution in [0.3, 0.4) is 0 Å². The minimum Gasteiger partial charge on any atom is -0.481 e. The number of ether oxygens (including phenoxy) is 1. The van der Waals surface area contributed by atoms with E-state index < -0.39 is 17.9 Å². The van der Waals surface area contributed by atoms with Crippen molar-refractivity contribution in [3.63, 3.8) is 0 Å². The molecule has 6 nitrogen and oxygen atoms in total. The summed E-state index contributed by atoms with van der Waals surface area (Å²) in [5.74, 6) is -1.13. The van der Waals surface area contributed by atoms with Crippen molar-refractivity contribution in [2.24, 2.45) is 5.92 Å². The average molecular weight is 505 g/mol. The van der Waals surface area contributed by atoms with Gasteiger partial charge in [0.05, 0.1) is 15.6 Å². The first-order valence-electron chi connectivity index (χ1n) is 10.9. The number of amides is 1. The molecule has 0 saturated carbocycles. The minimum absolute atomic E-state index is 0.0456. The third kappa shape index (κ3) is 5.26. The number of carbonyl (C=O) groups is 2. The van der Waals surface area contributed by atoms with Gasteiger partial charge in [-0.15, -0.1) is 0 Å². The van der Waals surface area contributed by atoms with Gasteiger partial charge in [-0.3, -0.25) is 14.6 Å². The summed E-state index contributed by atoms with van der Waals surface area (Å²) in [7, 11) is 0. The van der Waals surface area contributed by atoms with E-state index in [9.17, 15) is 14.0 Å². The molecule has 0 bridgehead atoms. The third-order valence-electron chi connectivity index (χ3n) is 5.94. The molecule has 0 radical (unpaired) electrons. The van der Waals surface area contributed by atoms with Crippen LogP contribution in [0.4, 0.5) is 4.39 Å². The molecule has 1 unspecified atom stereocenters. The monoisotopic (exact) mass is 504 g/mol. The van der Waals surface area contributed by atoms with E-state index in [1.165, 1.54) is 12.1 Å². The molecule has 34 heavy (non-hydrogen) atoms. The lowest BCUT2D eigenvalue weighted by molar-refractivity contribution is -0.143. The Morgan fingerprint density at radius 2 is 1.97 bits per heavy atom. The van der Waals surface area contributed by atoms with E-state index in [-0.39, 0.29) is 28.3 Å². The maximum atomic E-state index is 13.6. The second-order valence-corrected chi connectivity index (χ2v) is 9.25. The Bertz CT molecular complexity index is 1230. The number of halogens is 3. The zero-order valence-corrected chi connectivity index (χ0v) is 19.9. The number of pyridine rings is 1. The van der Waals surface area contributed by atoms with Crippen molar-refractivity contribution in [3.05, 3.63) is 58.5 Å². The zero-order chi connectivity index (χ0) is 24.4. The lowest BCUT2D eigenvalue weighted by Gasteiger charge is -2.33. The maximum Gasteiger partial charge on any atom is 0.303 e. The number of rotatable bonds is 6. The highest BCUT2D eigenvalue weighted by molar-refractivity contribution is 6.39. The van der Waals surface area contributed by atoms with Crippen molar-refractivity contribution < 1.29 is 23.8 Å². The summed E-state index contributed by atoms with van der Waals surface area (Å²) < 4.78 is 19.5. The Morgan fingerprint density at radius 1 is 1.24 bits per heavy atom. The number of aliphatic carboxylic acids is 1. The lowest BCUT2D eigenvalue weighted by atomic mass is 9.94. The first-order valence-corrected chi connectivity index (χ1v) is 11.7. The number of hydrogen-bond donors (Lipinski definition) is 1. The molecule has 1 saturated heterocycles. The molecule has 1 fully saturated rings. The van der Waals surface area contributed by atoms with Gasteiger partial charge in [0.15, 0.2) is 6.10 Å². The average Bonchev–Trinajstić information content (AvgIpc) is 2.77. The second kappa shape index (κ2) is 10.2. The summed E-state index contributed by atoms with van der Waals surface area (Å²) in [4.78, 5) is 30.0. The van der Waals surface area contributed by atoms with Crippen LogP contribution in [0.5, 0.6) is 5.75 Å². The molecule has 1 N–H and O–H groups in total. The fourth-order valence-corrected chi connectivity index (χ4v) is 5.07. The van der Waals surface area contributed by atoms with Gasteiger partial charge in [0.1, 0.15) is 11.6 Å². The Kier molecular flexibility index (Phi) is 7.24. The number of fused-ring (bicyclic) bond motifs is 1. The molecule has 178 valence electrons. The van der Waals surface area contributed by atoms with Gasteiger partial charge in [0.25, 0.3) is 5.91 Å². The number of benzene rings is 2. The zero-order valence-electron chi connectivity index (χ0n) is 18.4. The van der Waals surface area contributed by atoms with Crippen molar-refractivity contribution in [2.45, 2.75) is 32.3 Å². The van der Waals surface area contributed by atoms with E-state index in [1.807, 2.05) is 0 Å². The summed E-state index contributed by atoms with van der Waals surface area (Å²) in [6, 6.07) is 9.42. The van der Waals surface area contributed by atoms with Gasteiger partial charge in [-0.1, -0.05) is 23.2 Å². The molecule has 2 heterocycles. The van der Waals surface area contributed by atoms with Crippen molar-refractivity contribution in [2.75, 3.05) is 13.1 Å². The van der Waals surface area contributed by atoms with Crippen molar-refractivity contribution in [1.29, 1.82) is 0 Å². The van der Waals surface area contributed by atoms with Crippen LogP contribution in [0, 0.1) is 11.7 Å². The highest BCUT2D eigenvalue weighted by Crippen LogP contribution is 2.39. The van der Waals surface area contributed by atoms with Crippen LogP contribution in [0.2, 0.25) is 10.0 Å². The van der Waals surface area contributed by atoms with E-state index in [2.05, 4.69) is 4.98 Å². The summed E-state index contributed by atoms with van der Waals surface area (Å²) >= 11 is 12.5. The van der Waals surface area contributed by atoms with Gasteiger partial charge in [0.2, 0.25) is 0 Å². The molecule has 4 rings (SSSR count). The molecule has 9 heteroatoms. The fourth-order valence-electron chi connectivity index (χ4n) is 4.41. The Hall–Kier alpha value is -2.90. The first-order chi connectivity index (χ1) is 16.2. The number of aromatic nitrogens is 1. The van der Waals surface area contributed by atoms with Gasteiger partial charge in [0, 0.05) is 42.7 Å². The third-order valence-corrected chi connectivity index (χ3v) is 6.54. The SMILES string of the molecule is CC(Oc1ccc2c(-c3c(Cl)cc(F)cc3Cl)ccnc2c1)C(=O)N1CCC[C@H](CC(=O)O)C1. The fraction of sp³-hybridized carbons (Fsp3) is 0.320. The maximum absolute atomic E-state index is 13.6. The lowest BCUT2D eigenvalue weighted by Crippen LogP contribution is -2.46. The van der Waals surface area contributed by atoms with Gasteiger partial charge >= 0.3 is 5.97 Å². The normalized spacial score (nSPS) is 16.9. The van der Waals surface area contributed by atoms with Gasteiger partial charge in [-0.05, 0) is 61.6 Å². The number of carboxylic acids is 1. The predicted octanol–water partition coefficient (Wildman–Crippen LogP) is 5.83. The topological polar surface area (TPSA) is 79.7 Å². The van der Waals surface area contributed by atoms with Crippen molar-refractivity contribution >= 4 is 46.0 Å². The molecular weight excluding hydrogens is 482 g/mol. The number of nitrogens with zero attached hydrogens (tertiary/aromatic N) is 2. The first kappa shape index (κ1) is 24.2. The number of carbonyl (C=O) groups excluding carboxylic acids is 1. The highest BCUT2D eigenvalue weighted by atomic mass is 35.5. The number of piperidine rings is 1. The second-order valence-electron chi connectivity index (χ2n) is 8.43. The molecule has 1 aliphatic rings. The standard InChI is InChI=1S/C25H23Cl2FN2O4/c1-14(25(33)30-8-2-3-15(13-30)9-23(31)32)34-17-4-5-18-19(6-7-29-22(18)12-17)24-20(26)10-16(28)11-21(24)27/h4-7,10-12,14-15H,2-3,8-9,13H2,1H3,(H,31,32)/t14?,15-/m1/s1. The summed E-state index contributed by atoms with van der Waals surface area (Å²) in [6.07, 6.45) is 2.48. The van der Waals surface area contributed by atoms with Crippen LogP contribution in [-0.2, 0) is 9.59 Å². The Balaban J connectivity index is 1.54. The molecular formula is C25H23Cl2FN2O4. The summed E-state index contributed by atoms with van der Waals surface area (Å²) in [5.41, 5.74) is 1.81. The van der Waals surface area contributed by atoms with E-state index in [0.717, 1.165) is 18.2 Å². The van der Waals surface area contributed by atoms with Gasteiger partial charge < -0.3 is 14.7 Å². The van der Waals surface area contributed by atoms with E-state index in [1.54, 1.807) is 42.3 Å². The van der Waals surface area contributed by atoms with Crippen LogP contribution in [-0.4, -0.2) is 46.1 Å². The molecule has 1 aliphatic heterocycles. The van der Waals surface area contributed by atoms with Crippen LogP contribution in [0.15, 0.2) is 42.6 Å². The molecule has 2 atom stereocenters. The number of carboxylic acid groups (broad SMARTS) is 1. The number of hydrogen-bond acceptors (Lipinski definition) is 4. The van der Waals surface area contributed by atoms with E-state index in [4.69, 9.17) is 33.0 Å². The molecule has 3 aromatic rings. The van der Waals surface area contributed by atoms with Crippen LogP contribution < -0.4 is 4.74 Å². The van der Waals surface area contributed by atoms with Crippen LogP contribution >= 0.6 is 23.2 Å². The summed E-state index contributed by atoms with van der Waals surface area (Å²) in [6.45, 7) is 2.68. The Labute approximate surface area is 206 Å². The van der Waals surface area contributed by atoms with Crippen LogP contribution in [0.25, 0.3) is 22.0 Å². The van der Waals surface area contributed by atoms with E-state index in [0.29, 0.717) is 35.5 Å². The van der Waals surface area contributed by atoms with Gasteiger partial charge in [-0.2, -0.15) is 0 Å². The highest BCUT2D eigenvalue weighted by Gasteiger charge is 2.29. The van der Waals surface area contributed by atoms with Gasteiger partial charge in [-0.25, -0.2) is 4.39 Å². The predicted molar refractivity (Wildman–Crippen MR) is 129 cm³/mol. The molecule has 0 spiro atoms. The van der Waals surface area contributed by atoms with Crippen molar-refractivity contribution in [1.82, 2.24) is 9.88 Å². The number of likely N-dealkylation sites (tertiary alicyclic amines) is 1.